The van der Waals surface area contributed by atoms with Crippen molar-refractivity contribution in [2.75, 3.05) is 13.7 Å². The standard InChI is InChI=1S/C26H24N4O4/c1-4-32-19-11-10-18(13-20(19)31-3)22-25(14-27,15-28)26(16-29)21(12-17-8-6-5-7-9-17)24(2,33-22)34-23(26)30/h5-11,13,21-22,30H,4,12H2,1-3H3. The van der Waals surface area contributed by atoms with Crippen molar-refractivity contribution >= 4 is 5.90 Å². The van der Waals surface area contributed by atoms with Crippen LogP contribution < -0.4 is 9.47 Å². The van der Waals surface area contributed by atoms with Crippen molar-refractivity contribution < 1.29 is 18.9 Å². The second-order valence-electron chi connectivity index (χ2n) is 8.48. The first kappa shape index (κ1) is 23.1. The fourth-order valence-corrected chi connectivity index (χ4v) is 5.16. The summed E-state index contributed by atoms with van der Waals surface area (Å²) in [6.45, 7) is 3.93. The molecule has 4 atom stereocenters. The Bertz CT molecular complexity index is 1230. The number of nitrogens with zero attached hydrogens (tertiary/aromatic N) is 3. The van der Waals surface area contributed by atoms with E-state index < -0.39 is 34.5 Å². The van der Waals surface area contributed by atoms with Crippen LogP contribution in [0.3, 0.4) is 0 Å². The number of methoxy groups -OCH3 is 1. The van der Waals surface area contributed by atoms with Gasteiger partial charge in [0.05, 0.1) is 37.8 Å². The molecule has 8 nitrogen and oxygen atoms in total. The number of rotatable bonds is 6. The lowest BCUT2D eigenvalue weighted by Gasteiger charge is -2.48. The molecule has 2 saturated heterocycles. The minimum atomic E-state index is -2.05. The van der Waals surface area contributed by atoms with Crippen LogP contribution in [0.2, 0.25) is 0 Å². The summed E-state index contributed by atoms with van der Waals surface area (Å²) in [5, 5.41) is 40.0. The Labute approximate surface area is 198 Å². The minimum absolute atomic E-state index is 0.289. The summed E-state index contributed by atoms with van der Waals surface area (Å²) in [4.78, 5) is 0. The Morgan fingerprint density at radius 3 is 2.32 bits per heavy atom. The molecule has 2 aromatic carbocycles. The molecule has 2 bridgehead atoms. The van der Waals surface area contributed by atoms with Gasteiger partial charge in [-0.25, -0.2) is 0 Å². The first-order chi connectivity index (χ1) is 16.4. The highest BCUT2D eigenvalue weighted by Gasteiger charge is 2.79. The molecule has 4 rings (SSSR count). The van der Waals surface area contributed by atoms with Crippen LogP contribution >= 0.6 is 0 Å². The fraction of sp³-hybridized carbons (Fsp3) is 0.385. The third kappa shape index (κ3) is 3.02. The lowest BCUT2D eigenvalue weighted by atomic mass is 9.52. The molecule has 0 aliphatic carbocycles. The highest BCUT2D eigenvalue weighted by atomic mass is 16.7. The molecule has 0 spiro atoms. The SMILES string of the molecule is CCOc1ccc(C2OC3(C)OC(=N)C(C#N)(C3Cc3ccccc3)C2(C#N)C#N)cc1OC. The van der Waals surface area contributed by atoms with Gasteiger partial charge in [-0.15, -0.1) is 0 Å². The zero-order chi connectivity index (χ0) is 24.6. The monoisotopic (exact) mass is 456 g/mol. The average molecular weight is 457 g/mol. The Morgan fingerprint density at radius 2 is 1.74 bits per heavy atom. The molecule has 4 unspecified atom stereocenters. The van der Waals surface area contributed by atoms with Gasteiger partial charge in [-0.2, -0.15) is 15.8 Å². The van der Waals surface area contributed by atoms with E-state index >= 15 is 0 Å². The number of fused-ring (bicyclic) bond motifs is 2. The van der Waals surface area contributed by atoms with E-state index in [0.29, 0.717) is 23.7 Å². The van der Waals surface area contributed by atoms with Crippen LogP contribution in [0.5, 0.6) is 11.5 Å². The lowest BCUT2D eigenvalue weighted by Crippen LogP contribution is -2.59. The highest BCUT2D eigenvalue weighted by molar-refractivity contribution is 5.89. The van der Waals surface area contributed by atoms with Crippen molar-refractivity contribution in [1.29, 1.82) is 21.2 Å². The topological polar surface area (TPSA) is 132 Å². The summed E-state index contributed by atoms with van der Waals surface area (Å²) in [6, 6.07) is 20.7. The van der Waals surface area contributed by atoms with Crippen LogP contribution in [0.1, 0.15) is 31.1 Å². The molecule has 0 saturated carbocycles. The van der Waals surface area contributed by atoms with Gasteiger partial charge in [0.25, 0.3) is 0 Å². The van der Waals surface area contributed by atoms with Gasteiger partial charge < -0.3 is 18.9 Å². The van der Waals surface area contributed by atoms with Crippen LogP contribution in [-0.2, 0) is 15.9 Å². The predicted octanol–water partition coefficient (Wildman–Crippen LogP) is 4.29. The molecule has 1 N–H and O–H groups in total. The van der Waals surface area contributed by atoms with Gasteiger partial charge in [-0.05, 0) is 36.6 Å². The molecule has 2 heterocycles. The Kier molecular flexibility index (Phi) is 5.69. The van der Waals surface area contributed by atoms with Crippen molar-refractivity contribution in [2.24, 2.45) is 16.7 Å². The summed E-state index contributed by atoms with van der Waals surface area (Å²) in [7, 11) is 1.49. The third-order valence-corrected chi connectivity index (χ3v) is 6.79. The van der Waals surface area contributed by atoms with Gasteiger partial charge in [0, 0.05) is 6.92 Å². The molecular formula is C26H24N4O4. The molecule has 0 radical (unpaired) electrons. The molecule has 8 heteroatoms. The van der Waals surface area contributed by atoms with Crippen LogP contribution in [0.4, 0.5) is 0 Å². The van der Waals surface area contributed by atoms with Crippen molar-refractivity contribution in [3.63, 3.8) is 0 Å². The lowest BCUT2D eigenvalue weighted by molar-refractivity contribution is -0.272. The number of ether oxygens (including phenoxy) is 4. The Hall–Kier alpha value is -4.06. The summed E-state index contributed by atoms with van der Waals surface area (Å²) in [5.41, 5.74) is -2.57. The van der Waals surface area contributed by atoms with Crippen LogP contribution in [-0.4, -0.2) is 25.4 Å². The van der Waals surface area contributed by atoms with E-state index in [2.05, 4.69) is 18.2 Å². The maximum Gasteiger partial charge on any atom is 0.215 e. The van der Waals surface area contributed by atoms with Gasteiger partial charge in [0.2, 0.25) is 17.1 Å². The average Bonchev–Trinajstić information content (AvgIpc) is 3.01. The summed E-state index contributed by atoms with van der Waals surface area (Å²) in [6.07, 6.45) is -0.885. The largest absolute Gasteiger partial charge is 0.493 e. The first-order valence-corrected chi connectivity index (χ1v) is 10.9. The third-order valence-electron chi connectivity index (χ3n) is 6.79. The van der Waals surface area contributed by atoms with Gasteiger partial charge in [0.1, 0.15) is 6.10 Å². The minimum Gasteiger partial charge on any atom is -0.493 e. The maximum atomic E-state index is 10.5. The van der Waals surface area contributed by atoms with E-state index in [1.165, 1.54) is 7.11 Å². The number of hydrogen-bond donors (Lipinski definition) is 1. The van der Waals surface area contributed by atoms with E-state index in [9.17, 15) is 15.8 Å². The molecule has 2 aliphatic rings. The number of benzene rings is 2. The van der Waals surface area contributed by atoms with Gasteiger partial charge >= 0.3 is 0 Å². The molecule has 0 amide bonds. The Balaban J connectivity index is 1.91. The summed E-state index contributed by atoms with van der Waals surface area (Å²) in [5.74, 6) is -1.70. The molecule has 0 aromatic heterocycles. The van der Waals surface area contributed by atoms with E-state index in [1.807, 2.05) is 37.3 Å². The Morgan fingerprint density at radius 1 is 1.03 bits per heavy atom. The normalized spacial score (nSPS) is 28.6. The molecule has 2 fully saturated rings. The van der Waals surface area contributed by atoms with Crippen molar-refractivity contribution in [2.45, 2.75) is 32.2 Å². The molecular weight excluding hydrogens is 432 g/mol. The van der Waals surface area contributed by atoms with Gasteiger partial charge in [-0.3, -0.25) is 5.41 Å². The van der Waals surface area contributed by atoms with Crippen molar-refractivity contribution in [1.82, 2.24) is 0 Å². The second-order valence-corrected chi connectivity index (χ2v) is 8.48. The second kappa shape index (κ2) is 8.37. The van der Waals surface area contributed by atoms with Gasteiger partial charge in [-0.1, -0.05) is 36.4 Å². The maximum absolute atomic E-state index is 10.5. The van der Waals surface area contributed by atoms with Crippen LogP contribution in [0.15, 0.2) is 48.5 Å². The first-order valence-electron chi connectivity index (χ1n) is 10.9. The number of hydrogen-bond acceptors (Lipinski definition) is 8. The van der Waals surface area contributed by atoms with Crippen molar-refractivity contribution in [3.05, 3.63) is 59.7 Å². The fourth-order valence-electron chi connectivity index (χ4n) is 5.16. The number of nitrogens with one attached hydrogen (secondary N) is 1. The molecule has 172 valence electrons. The summed E-state index contributed by atoms with van der Waals surface area (Å²) >= 11 is 0. The van der Waals surface area contributed by atoms with Crippen molar-refractivity contribution in [3.8, 4) is 29.7 Å². The zero-order valence-corrected chi connectivity index (χ0v) is 19.2. The smallest absolute Gasteiger partial charge is 0.215 e. The van der Waals surface area contributed by atoms with E-state index in [1.54, 1.807) is 25.1 Å². The van der Waals surface area contributed by atoms with E-state index in [4.69, 9.17) is 24.4 Å². The predicted molar refractivity (Wildman–Crippen MR) is 121 cm³/mol. The van der Waals surface area contributed by atoms with Gasteiger partial charge in [0.15, 0.2) is 16.9 Å². The molecule has 34 heavy (non-hydrogen) atoms. The molecule has 2 aliphatic heterocycles. The summed E-state index contributed by atoms with van der Waals surface area (Å²) < 4.78 is 23.3. The number of nitriles is 3. The highest BCUT2D eigenvalue weighted by Crippen LogP contribution is 2.67. The zero-order valence-electron chi connectivity index (χ0n) is 19.2. The van der Waals surface area contributed by atoms with E-state index in [0.717, 1.165) is 5.56 Å². The van der Waals surface area contributed by atoms with E-state index in [-0.39, 0.29) is 6.42 Å². The quantitative estimate of drug-likeness (QED) is 0.685. The molecule has 2 aromatic rings. The van der Waals surface area contributed by atoms with Crippen LogP contribution in [0, 0.1) is 56.2 Å². The van der Waals surface area contributed by atoms with Crippen LogP contribution in [0.25, 0.3) is 0 Å².